The zero-order valence-corrected chi connectivity index (χ0v) is 15.9. The minimum absolute atomic E-state index is 0.125. The fraction of sp³-hybridized carbons (Fsp3) is 0.111. The van der Waals surface area contributed by atoms with E-state index in [1.54, 1.807) is 40.4 Å². The minimum atomic E-state index is -0.591. The van der Waals surface area contributed by atoms with Gasteiger partial charge in [-0.2, -0.15) is 5.10 Å². The van der Waals surface area contributed by atoms with Crippen LogP contribution in [0, 0.1) is 5.82 Å². The maximum Gasteiger partial charge on any atom is 0.276 e. The number of nitrogens with one attached hydrogen (secondary N) is 1. The van der Waals surface area contributed by atoms with Gasteiger partial charge in [0, 0.05) is 28.3 Å². The Morgan fingerprint density at radius 2 is 1.92 bits per heavy atom. The van der Waals surface area contributed by atoms with Crippen molar-refractivity contribution in [2.75, 3.05) is 4.90 Å². The van der Waals surface area contributed by atoms with Gasteiger partial charge in [0.05, 0.1) is 0 Å². The van der Waals surface area contributed by atoms with Crippen LogP contribution in [0.2, 0.25) is 0 Å². The fourth-order valence-corrected chi connectivity index (χ4v) is 3.91. The highest BCUT2D eigenvalue weighted by atomic mass is 79.9. The van der Waals surface area contributed by atoms with Crippen molar-refractivity contribution in [2.45, 2.75) is 11.9 Å². The van der Waals surface area contributed by atoms with Crippen LogP contribution in [-0.2, 0) is 10.5 Å². The average Bonchev–Trinajstić information content (AvgIpc) is 3.06. The molecule has 2 aromatic rings. The summed E-state index contributed by atoms with van der Waals surface area (Å²) in [5.41, 5.74) is 4.25. The quantitative estimate of drug-likeness (QED) is 0.800. The van der Waals surface area contributed by atoms with E-state index in [4.69, 9.17) is 0 Å². The first kappa shape index (κ1) is 17.1. The standard InChI is InChI=1S/C18H14BrFN4OS/c19-13-5-7-14(8-6-13)23-9-10-24-16(17(23)25)21-22-18(24)26-11-12-3-1-2-4-15(12)20/h1-10,16,21H,11H2. The van der Waals surface area contributed by atoms with E-state index in [1.807, 2.05) is 24.3 Å². The van der Waals surface area contributed by atoms with E-state index >= 15 is 0 Å². The highest BCUT2D eigenvalue weighted by Crippen LogP contribution is 2.28. The predicted octanol–water partition coefficient (Wildman–Crippen LogP) is 3.84. The third-order valence-electron chi connectivity index (χ3n) is 4.05. The molecule has 0 radical (unpaired) electrons. The lowest BCUT2D eigenvalue weighted by Crippen LogP contribution is -2.52. The molecule has 1 amide bonds. The number of thioether (sulfide) groups is 1. The Labute approximate surface area is 162 Å². The van der Waals surface area contributed by atoms with Crippen LogP contribution < -0.4 is 10.3 Å². The van der Waals surface area contributed by atoms with Gasteiger partial charge in [-0.3, -0.25) is 20.0 Å². The van der Waals surface area contributed by atoms with Gasteiger partial charge in [-0.25, -0.2) is 4.39 Å². The molecule has 2 aliphatic rings. The molecule has 1 unspecified atom stereocenters. The molecule has 26 heavy (non-hydrogen) atoms. The molecule has 0 saturated carbocycles. The number of carbonyl (C=O) groups excluding carboxylic acids is 1. The summed E-state index contributed by atoms with van der Waals surface area (Å²) in [6, 6.07) is 14.2. The maximum atomic E-state index is 13.8. The molecule has 1 atom stereocenters. The van der Waals surface area contributed by atoms with E-state index in [9.17, 15) is 9.18 Å². The molecule has 5 nitrogen and oxygen atoms in total. The summed E-state index contributed by atoms with van der Waals surface area (Å²) in [5, 5.41) is 4.88. The lowest BCUT2D eigenvalue weighted by Gasteiger charge is -2.31. The number of hydrogen-bond acceptors (Lipinski definition) is 5. The first-order valence-corrected chi connectivity index (χ1v) is 9.66. The zero-order valence-electron chi connectivity index (χ0n) is 13.5. The van der Waals surface area contributed by atoms with E-state index < -0.39 is 6.17 Å². The second-order valence-corrected chi connectivity index (χ2v) is 7.55. The molecule has 2 aromatic carbocycles. The Morgan fingerprint density at radius 3 is 2.69 bits per heavy atom. The first-order chi connectivity index (χ1) is 12.6. The molecule has 0 spiro atoms. The Hall–Kier alpha value is -2.32. The Morgan fingerprint density at radius 1 is 1.15 bits per heavy atom. The van der Waals surface area contributed by atoms with Crippen LogP contribution in [0.1, 0.15) is 5.56 Å². The van der Waals surface area contributed by atoms with E-state index in [2.05, 4.69) is 26.5 Å². The SMILES string of the molecule is O=C1C2NN=C(SCc3ccccc3F)N2C=CN1c1ccc(Br)cc1. The number of nitrogens with zero attached hydrogens (tertiary/aromatic N) is 3. The van der Waals surface area contributed by atoms with Gasteiger partial charge >= 0.3 is 0 Å². The number of amides is 1. The topological polar surface area (TPSA) is 47.9 Å². The number of anilines is 1. The smallest absolute Gasteiger partial charge is 0.276 e. The molecule has 0 aromatic heterocycles. The molecule has 8 heteroatoms. The summed E-state index contributed by atoms with van der Waals surface area (Å²) < 4.78 is 14.7. The van der Waals surface area contributed by atoms with E-state index in [0.717, 1.165) is 10.2 Å². The van der Waals surface area contributed by atoms with Crippen molar-refractivity contribution in [1.29, 1.82) is 0 Å². The van der Waals surface area contributed by atoms with Crippen molar-refractivity contribution in [1.82, 2.24) is 10.3 Å². The summed E-state index contributed by atoms with van der Waals surface area (Å²) in [6.45, 7) is 0. The zero-order chi connectivity index (χ0) is 18.1. The van der Waals surface area contributed by atoms with Crippen molar-refractivity contribution in [2.24, 2.45) is 5.10 Å². The summed E-state index contributed by atoms with van der Waals surface area (Å²) >= 11 is 4.77. The molecule has 0 saturated heterocycles. The van der Waals surface area contributed by atoms with Gasteiger partial charge in [-0.05, 0) is 35.9 Å². The lowest BCUT2D eigenvalue weighted by molar-refractivity contribution is -0.122. The third-order valence-corrected chi connectivity index (χ3v) is 5.59. The number of carbonyl (C=O) groups is 1. The third kappa shape index (κ3) is 3.22. The molecule has 1 N–H and O–H groups in total. The highest BCUT2D eigenvalue weighted by Gasteiger charge is 2.38. The summed E-state index contributed by atoms with van der Waals surface area (Å²) in [6.07, 6.45) is 2.93. The monoisotopic (exact) mass is 432 g/mol. The molecule has 2 heterocycles. The summed E-state index contributed by atoms with van der Waals surface area (Å²) in [4.78, 5) is 16.1. The van der Waals surface area contributed by atoms with Crippen molar-refractivity contribution in [3.8, 4) is 0 Å². The van der Waals surface area contributed by atoms with Crippen LogP contribution in [0.4, 0.5) is 10.1 Å². The lowest BCUT2D eigenvalue weighted by atomic mass is 10.2. The van der Waals surface area contributed by atoms with Crippen LogP contribution in [0.3, 0.4) is 0 Å². The molecule has 132 valence electrons. The van der Waals surface area contributed by atoms with Crippen LogP contribution in [0.15, 0.2) is 70.5 Å². The van der Waals surface area contributed by atoms with Crippen LogP contribution in [0.5, 0.6) is 0 Å². The second-order valence-electron chi connectivity index (χ2n) is 5.70. The first-order valence-electron chi connectivity index (χ1n) is 7.88. The molecule has 0 aliphatic carbocycles. The predicted molar refractivity (Wildman–Crippen MR) is 105 cm³/mol. The molecule has 0 bridgehead atoms. The highest BCUT2D eigenvalue weighted by molar-refractivity contribution is 9.10. The fourth-order valence-electron chi connectivity index (χ4n) is 2.69. The van der Waals surface area contributed by atoms with Crippen molar-refractivity contribution in [3.63, 3.8) is 0 Å². The van der Waals surface area contributed by atoms with E-state index in [-0.39, 0.29) is 11.7 Å². The molecule has 4 rings (SSSR count). The van der Waals surface area contributed by atoms with Crippen molar-refractivity contribution in [3.05, 3.63) is 76.8 Å². The van der Waals surface area contributed by atoms with Gasteiger partial charge in [0.25, 0.3) is 5.91 Å². The molecular weight excluding hydrogens is 419 g/mol. The van der Waals surface area contributed by atoms with Gasteiger partial charge in [0.2, 0.25) is 6.17 Å². The maximum absolute atomic E-state index is 13.8. The van der Waals surface area contributed by atoms with Crippen LogP contribution in [0.25, 0.3) is 0 Å². The van der Waals surface area contributed by atoms with Crippen molar-refractivity contribution >= 4 is 44.5 Å². The van der Waals surface area contributed by atoms with E-state index in [0.29, 0.717) is 16.5 Å². The number of hydrazone groups is 1. The number of rotatable bonds is 3. The number of halogens is 2. The van der Waals surface area contributed by atoms with Gasteiger partial charge in [0.15, 0.2) is 5.17 Å². The van der Waals surface area contributed by atoms with E-state index in [1.165, 1.54) is 17.8 Å². The number of amidine groups is 1. The normalized spacial score (nSPS) is 18.6. The number of benzene rings is 2. The summed E-state index contributed by atoms with van der Waals surface area (Å²) in [5.74, 6) is 0.0735. The molecule has 2 aliphatic heterocycles. The average molecular weight is 433 g/mol. The van der Waals surface area contributed by atoms with Gasteiger partial charge in [-0.15, -0.1) is 0 Å². The molecular formula is C18H14BrFN4OS. The second kappa shape index (κ2) is 7.13. The van der Waals surface area contributed by atoms with Gasteiger partial charge in [0.1, 0.15) is 5.82 Å². The summed E-state index contributed by atoms with van der Waals surface area (Å²) in [7, 11) is 0. The van der Waals surface area contributed by atoms with Gasteiger partial charge < -0.3 is 0 Å². The van der Waals surface area contributed by atoms with Gasteiger partial charge in [-0.1, -0.05) is 45.9 Å². The van der Waals surface area contributed by atoms with Crippen LogP contribution >= 0.6 is 27.7 Å². The number of hydrogen-bond donors (Lipinski definition) is 1. The van der Waals surface area contributed by atoms with Crippen molar-refractivity contribution < 1.29 is 9.18 Å². The largest absolute Gasteiger partial charge is 0.294 e. The molecule has 0 fully saturated rings. The number of fused-ring (bicyclic) bond motifs is 1. The Balaban J connectivity index is 1.48. The Kier molecular flexibility index (Phi) is 4.69. The van der Waals surface area contributed by atoms with Crippen LogP contribution in [-0.4, -0.2) is 22.1 Å². The minimum Gasteiger partial charge on any atom is -0.294 e. The Bertz CT molecular complexity index is 902.